The molecule has 0 aromatic heterocycles. The van der Waals surface area contributed by atoms with Gasteiger partial charge in [-0.15, -0.1) is 0 Å². The molecule has 6 nitrogen and oxygen atoms in total. The Morgan fingerprint density at radius 3 is 2.18 bits per heavy atom. The lowest BCUT2D eigenvalue weighted by atomic mass is 10.1. The van der Waals surface area contributed by atoms with Crippen LogP contribution in [0.15, 0.2) is 71.6 Å². The Bertz CT molecular complexity index is 1420. The fraction of sp³-hybridized carbons (Fsp3) is 0.296. The number of hydrogen-bond donors (Lipinski definition) is 0. The van der Waals surface area contributed by atoms with E-state index in [4.69, 9.17) is 11.6 Å². The predicted octanol–water partition coefficient (Wildman–Crippen LogP) is 5.52. The van der Waals surface area contributed by atoms with E-state index in [1.54, 1.807) is 29.2 Å². The van der Waals surface area contributed by atoms with E-state index in [1.807, 2.05) is 13.8 Å². The highest BCUT2D eigenvalue weighted by Gasteiger charge is 2.32. The number of anilines is 2. The van der Waals surface area contributed by atoms with Crippen LogP contribution < -0.4 is 9.21 Å². The minimum Gasteiger partial charge on any atom is -0.368 e. The van der Waals surface area contributed by atoms with Crippen LogP contribution in [0.1, 0.15) is 16.7 Å². The van der Waals surface area contributed by atoms with E-state index in [0.29, 0.717) is 29.5 Å². The quantitative estimate of drug-likeness (QED) is 0.395. The summed E-state index contributed by atoms with van der Waals surface area (Å²) in [4.78, 5) is 16.6. The van der Waals surface area contributed by atoms with Crippen molar-refractivity contribution in [2.45, 2.75) is 24.9 Å². The Balaban J connectivity index is 1.53. The van der Waals surface area contributed by atoms with E-state index in [-0.39, 0.29) is 18.0 Å². The molecule has 1 aliphatic rings. The molecule has 4 rings (SSSR count). The number of carbonyl (C=O) groups excluding carboxylic acids is 1. The van der Waals surface area contributed by atoms with Crippen molar-refractivity contribution in [1.29, 1.82) is 0 Å². The molecular weight excluding hydrogens is 539 g/mol. The number of piperazine rings is 1. The van der Waals surface area contributed by atoms with Crippen LogP contribution in [0, 0.1) is 13.8 Å². The van der Waals surface area contributed by atoms with Crippen LogP contribution in [-0.4, -0.2) is 51.9 Å². The Morgan fingerprint density at radius 1 is 0.921 bits per heavy atom. The van der Waals surface area contributed by atoms with Gasteiger partial charge in [0.2, 0.25) is 5.91 Å². The molecule has 0 saturated carbocycles. The minimum absolute atomic E-state index is 0.00212. The first-order valence-electron chi connectivity index (χ1n) is 11.9. The Labute approximate surface area is 225 Å². The summed E-state index contributed by atoms with van der Waals surface area (Å²) in [7, 11) is -4.10. The maximum Gasteiger partial charge on any atom is 0.416 e. The van der Waals surface area contributed by atoms with Gasteiger partial charge in [0.05, 0.1) is 16.1 Å². The fourth-order valence-electron chi connectivity index (χ4n) is 4.25. The molecule has 0 N–H and O–H groups in total. The number of halogens is 4. The summed E-state index contributed by atoms with van der Waals surface area (Å²) in [6.45, 7) is 4.48. The summed E-state index contributed by atoms with van der Waals surface area (Å²) < 4.78 is 67.7. The number of hydrogen-bond acceptors (Lipinski definition) is 4. The van der Waals surface area contributed by atoms with E-state index in [0.717, 1.165) is 27.6 Å². The molecule has 38 heavy (non-hydrogen) atoms. The van der Waals surface area contributed by atoms with E-state index in [9.17, 15) is 26.4 Å². The zero-order valence-electron chi connectivity index (χ0n) is 20.9. The minimum atomic E-state index is -4.44. The molecule has 0 radical (unpaired) electrons. The summed E-state index contributed by atoms with van der Waals surface area (Å²) in [6, 6.07) is 16.0. The van der Waals surface area contributed by atoms with E-state index >= 15 is 0 Å². The van der Waals surface area contributed by atoms with Crippen LogP contribution in [0.4, 0.5) is 24.5 Å². The van der Waals surface area contributed by atoms with E-state index < -0.39 is 34.2 Å². The zero-order valence-corrected chi connectivity index (χ0v) is 22.4. The highest BCUT2D eigenvalue weighted by molar-refractivity contribution is 7.92. The van der Waals surface area contributed by atoms with Gasteiger partial charge < -0.3 is 9.80 Å². The smallest absolute Gasteiger partial charge is 0.368 e. The number of rotatable bonds is 6. The summed E-state index contributed by atoms with van der Waals surface area (Å²) >= 11 is 5.94. The third kappa shape index (κ3) is 6.07. The average molecular weight is 566 g/mol. The van der Waals surface area contributed by atoms with Gasteiger partial charge in [0.1, 0.15) is 6.54 Å². The summed E-state index contributed by atoms with van der Waals surface area (Å²) in [5, 5.41) is 0.386. The topological polar surface area (TPSA) is 60.9 Å². The number of aryl methyl sites for hydroxylation is 2. The lowest BCUT2D eigenvalue weighted by molar-refractivity contribution is -0.137. The zero-order chi connectivity index (χ0) is 27.7. The average Bonchev–Trinajstić information content (AvgIpc) is 2.88. The third-order valence-corrected chi connectivity index (χ3v) is 8.67. The van der Waals surface area contributed by atoms with Crippen LogP contribution in [0.5, 0.6) is 0 Å². The highest BCUT2D eigenvalue weighted by Crippen LogP contribution is 2.32. The van der Waals surface area contributed by atoms with Crippen LogP contribution in [0.3, 0.4) is 0 Å². The maximum absolute atomic E-state index is 13.6. The third-order valence-electron chi connectivity index (χ3n) is 6.63. The van der Waals surface area contributed by atoms with E-state index in [1.165, 1.54) is 35.2 Å². The molecule has 0 bridgehead atoms. The van der Waals surface area contributed by atoms with Gasteiger partial charge in [-0.1, -0.05) is 23.7 Å². The van der Waals surface area contributed by atoms with Crippen molar-refractivity contribution in [1.82, 2.24) is 4.90 Å². The van der Waals surface area contributed by atoms with Crippen LogP contribution in [0.25, 0.3) is 0 Å². The first-order valence-corrected chi connectivity index (χ1v) is 13.7. The second-order valence-electron chi connectivity index (χ2n) is 9.15. The number of amides is 1. The highest BCUT2D eigenvalue weighted by atomic mass is 35.5. The molecule has 3 aromatic carbocycles. The number of sulfonamides is 1. The van der Waals surface area contributed by atoms with Crippen molar-refractivity contribution in [3.8, 4) is 0 Å². The molecule has 1 heterocycles. The molecule has 1 saturated heterocycles. The predicted molar refractivity (Wildman–Crippen MR) is 142 cm³/mol. The largest absolute Gasteiger partial charge is 0.416 e. The molecular formula is C27H27ClF3N3O3S. The van der Waals surface area contributed by atoms with Crippen LogP contribution >= 0.6 is 11.6 Å². The van der Waals surface area contributed by atoms with Crippen LogP contribution in [0.2, 0.25) is 5.02 Å². The van der Waals surface area contributed by atoms with Crippen molar-refractivity contribution in [2.24, 2.45) is 0 Å². The number of carbonyl (C=O) groups is 1. The molecule has 0 spiro atoms. The molecule has 1 amide bonds. The first kappa shape index (κ1) is 27.8. The number of nitrogens with zero attached hydrogens (tertiary/aromatic N) is 3. The summed E-state index contributed by atoms with van der Waals surface area (Å²) in [5.41, 5.74) is 1.91. The summed E-state index contributed by atoms with van der Waals surface area (Å²) in [5.74, 6) is -0.399. The Kier molecular flexibility index (Phi) is 7.94. The molecule has 0 atom stereocenters. The lowest BCUT2D eigenvalue weighted by Crippen LogP contribution is -2.52. The van der Waals surface area contributed by atoms with Gasteiger partial charge in [-0.3, -0.25) is 9.10 Å². The standard InChI is InChI=1S/C27H27ClF3N3O3S/c1-19-6-9-24(16-20(19)2)34(38(36,37)25-10-7-22(28)8-11-25)18-26(35)33-14-12-32(13-15-33)23-5-3-4-21(17-23)27(29,30)31/h3-11,16-17H,12-15,18H2,1-2H3. The van der Waals surface area contributed by atoms with Gasteiger partial charge in [0, 0.05) is 36.9 Å². The molecule has 11 heteroatoms. The SMILES string of the molecule is Cc1ccc(N(CC(=O)N2CCN(c3cccc(C(F)(F)F)c3)CC2)S(=O)(=O)c2ccc(Cl)cc2)cc1C. The normalized spacial score (nSPS) is 14.5. The maximum atomic E-state index is 13.6. The second kappa shape index (κ2) is 10.9. The molecule has 0 aliphatic carbocycles. The molecule has 3 aromatic rings. The molecule has 1 aliphatic heterocycles. The lowest BCUT2D eigenvalue weighted by Gasteiger charge is -2.37. The molecule has 1 fully saturated rings. The Hall–Kier alpha value is -3.24. The van der Waals surface area contributed by atoms with Gasteiger partial charge in [0.15, 0.2) is 0 Å². The van der Waals surface area contributed by atoms with Gasteiger partial charge in [-0.25, -0.2) is 8.42 Å². The van der Waals surface area contributed by atoms with Gasteiger partial charge in [-0.05, 0) is 79.6 Å². The van der Waals surface area contributed by atoms with Crippen molar-refractivity contribution < 1.29 is 26.4 Å². The molecule has 0 unspecified atom stereocenters. The fourth-order valence-corrected chi connectivity index (χ4v) is 5.78. The van der Waals surface area contributed by atoms with Crippen molar-refractivity contribution in [2.75, 3.05) is 41.9 Å². The van der Waals surface area contributed by atoms with Gasteiger partial charge in [0.25, 0.3) is 10.0 Å². The first-order chi connectivity index (χ1) is 17.9. The van der Waals surface area contributed by atoms with Crippen molar-refractivity contribution in [3.05, 3.63) is 88.4 Å². The number of alkyl halides is 3. The second-order valence-corrected chi connectivity index (χ2v) is 11.4. The monoisotopic (exact) mass is 565 g/mol. The number of benzene rings is 3. The van der Waals surface area contributed by atoms with Crippen LogP contribution in [-0.2, 0) is 21.0 Å². The summed E-state index contributed by atoms with van der Waals surface area (Å²) in [6.07, 6.45) is -4.44. The van der Waals surface area contributed by atoms with Crippen molar-refractivity contribution in [3.63, 3.8) is 0 Å². The van der Waals surface area contributed by atoms with Crippen molar-refractivity contribution >= 4 is 38.9 Å². The van der Waals surface area contributed by atoms with Gasteiger partial charge in [-0.2, -0.15) is 13.2 Å². The van der Waals surface area contributed by atoms with E-state index in [2.05, 4.69) is 0 Å². The Morgan fingerprint density at radius 2 is 1.58 bits per heavy atom. The van der Waals surface area contributed by atoms with Gasteiger partial charge >= 0.3 is 6.18 Å². The molecule has 202 valence electrons.